The van der Waals surface area contributed by atoms with Gasteiger partial charge < -0.3 is 20.3 Å². The molecule has 2 N–H and O–H groups in total. The fraction of sp³-hybridized carbons (Fsp3) is 0.562. The zero-order valence-electron chi connectivity index (χ0n) is 13.2. The number of anilines is 1. The lowest BCUT2D eigenvalue weighted by Crippen LogP contribution is -2.46. The quantitative estimate of drug-likeness (QED) is 0.854. The molecule has 0 aromatic carbocycles. The van der Waals surface area contributed by atoms with Gasteiger partial charge >= 0.3 is 0 Å². The number of rotatable bonds is 3. The molecule has 7 heteroatoms. The van der Waals surface area contributed by atoms with E-state index in [1.165, 1.54) is 0 Å². The van der Waals surface area contributed by atoms with Gasteiger partial charge in [-0.05, 0) is 31.9 Å². The van der Waals surface area contributed by atoms with Crippen LogP contribution in [0, 0.1) is 0 Å². The molecule has 7 nitrogen and oxygen atoms in total. The number of pyridine rings is 1. The van der Waals surface area contributed by atoms with Crippen LogP contribution in [0.1, 0.15) is 30.3 Å². The smallest absolute Gasteiger partial charge is 0.272 e. The lowest BCUT2D eigenvalue weighted by molar-refractivity contribution is -0.126. The van der Waals surface area contributed by atoms with Crippen molar-refractivity contribution in [1.29, 1.82) is 0 Å². The monoisotopic (exact) mass is 318 g/mol. The number of aromatic nitrogens is 1. The van der Waals surface area contributed by atoms with Gasteiger partial charge in [0, 0.05) is 26.2 Å². The molecule has 0 saturated carbocycles. The summed E-state index contributed by atoms with van der Waals surface area (Å²) in [5, 5.41) is 5.95. The van der Waals surface area contributed by atoms with E-state index in [9.17, 15) is 9.59 Å². The summed E-state index contributed by atoms with van der Waals surface area (Å²) in [6.45, 7) is 4.88. The predicted octanol–water partition coefficient (Wildman–Crippen LogP) is 0.633. The van der Waals surface area contributed by atoms with Gasteiger partial charge in [-0.25, -0.2) is 4.98 Å². The Morgan fingerprint density at radius 2 is 2.09 bits per heavy atom. The Bertz CT molecular complexity index is 586. The van der Waals surface area contributed by atoms with E-state index in [-0.39, 0.29) is 17.9 Å². The maximum absolute atomic E-state index is 12.4. The average molecular weight is 318 g/mol. The molecule has 1 aromatic rings. The van der Waals surface area contributed by atoms with Gasteiger partial charge in [-0.15, -0.1) is 0 Å². The molecule has 0 aliphatic carbocycles. The highest BCUT2D eigenvalue weighted by molar-refractivity contribution is 5.95. The molecule has 0 bridgehead atoms. The van der Waals surface area contributed by atoms with Gasteiger partial charge in [-0.1, -0.05) is 6.07 Å². The summed E-state index contributed by atoms with van der Waals surface area (Å²) in [6, 6.07) is 5.09. The summed E-state index contributed by atoms with van der Waals surface area (Å²) in [5.74, 6) is 0.0843. The molecule has 2 aliphatic rings. The van der Waals surface area contributed by atoms with E-state index in [2.05, 4.69) is 15.6 Å². The van der Waals surface area contributed by atoms with Crippen LogP contribution in [0.5, 0.6) is 0 Å². The Kier molecular flexibility index (Phi) is 4.88. The van der Waals surface area contributed by atoms with Crippen molar-refractivity contribution < 1.29 is 14.3 Å². The van der Waals surface area contributed by atoms with Crippen LogP contribution in [-0.4, -0.2) is 60.1 Å². The van der Waals surface area contributed by atoms with Crippen molar-refractivity contribution in [2.75, 3.05) is 31.5 Å². The molecule has 2 saturated heterocycles. The fourth-order valence-electron chi connectivity index (χ4n) is 2.86. The minimum Gasteiger partial charge on any atom is -0.365 e. The van der Waals surface area contributed by atoms with Gasteiger partial charge in [-0.2, -0.15) is 0 Å². The van der Waals surface area contributed by atoms with Gasteiger partial charge in [-0.3, -0.25) is 9.59 Å². The first-order valence-corrected chi connectivity index (χ1v) is 8.07. The Labute approximate surface area is 135 Å². The van der Waals surface area contributed by atoms with Gasteiger partial charge in [0.25, 0.3) is 11.8 Å². The minimum atomic E-state index is -0.431. The van der Waals surface area contributed by atoms with Crippen LogP contribution in [0.4, 0.5) is 5.82 Å². The molecule has 1 aromatic heterocycles. The molecular weight excluding hydrogens is 296 g/mol. The third-order valence-corrected chi connectivity index (χ3v) is 4.15. The second-order valence-corrected chi connectivity index (χ2v) is 5.95. The SMILES string of the molecule is CC1CCC(C(=O)Nc2cccc(C(=O)N3CCNCC3)n2)O1. The first kappa shape index (κ1) is 15.9. The zero-order valence-corrected chi connectivity index (χ0v) is 13.2. The van der Waals surface area contributed by atoms with E-state index in [1.54, 1.807) is 23.1 Å². The maximum atomic E-state index is 12.4. The Balaban J connectivity index is 1.65. The van der Waals surface area contributed by atoms with Crippen LogP contribution in [0.3, 0.4) is 0 Å². The topological polar surface area (TPSA) is 83.6 Å². The standard InChI is InChI=1S/C16H22N4O3/c1-11-5-6-13(23-11)15(21)19-14-4-2-3-12(18-14)16(22)20-9-7-17-8-10-20/h2-4,11,13,17H,5-10H2,1H3,(H,18,19,21). The second-order valence-electron chi connectivity index (χ2n) is 5.95. The van der Waals surface area contributed by atoms with Crippen molar-refractivity contribution in [3.05, 3.63) is 23.9 Å². The van der Waals surface area contributed by atoms with Crippen molar-refractivity contribution in [2.24, 2.45) is 0 Å². The van der Waals surface area contributed by atoms with Crippen molar-refractivity contribution in [3.8, 4) is 0 Å². The normalized spacial score (nSPS) is 24.5. The van der Waals surface area contributed by atoms with Crippen molar-refractivity contribution in [1.82, 2.24) is 15.2 Å². The lowest BCUT2D eigenvalue weighted by Gasteiger charge is -2.27. The van der Waals surface area contributed by atoms with Gasteiger partial charge in [0.2, 0.25) is 0 Å². The molecule has 23 heavy (non-hydrogen) atoms. The number of carbonyl (C=O) groups is 2. The van der Waals surface area contributed by atoms with Gasteiger partial charge in [0.05, 0.1) is 6.10 Å². The van der Waals surface area contributed by atoms with Crippen molar-refractivity contribution in [3.63, 3.8) is 0 Å². The fourth-order valence-corrected chi connectivity index (χ4v) is 2.86. The number of ether oxygens (including phenoxy) is 1. The van der Waals surface area contributed by atoms with Crippen LogP contribution in [0.15, 0.2) is 18.2 Å². The third-order valence-electron chi connectivity index (χ3n) is 4.15. The molecule has 2 unspecified atom stereocenters. The number of nitrogens with zero attached hydrogens (tertiary/aromatic N) is 2. The van der Waals surface area contributed by atoms with E-state index >= 15 is 0 Å². The molecule has 2 fully saturated rings. The highest BCUT2D eigenvalue weighted by Crippen LogP contribution is 2.20. The molecular formula is C16H22N4O3. The average Bonchev–Trinajstić information content (AvgIpc) is 3.02. The Morgan fingerprint density at radius 1 is 1.30 bits per heavy atom. The third kappa shape index (κ3) is 3.86. The van der Waals surface area contributed by atoms with Crippen LogP contribution >= 0.6 is 0 Å². The number of amides is 2. The highest BCUT2D eigenvalue weighted by atomic mass is 16.5. The first-order valence-electron chi connectivity index (χ1n) is 8.07. The summed E-state index contributed by atoms with van der Waals surface area (Å²) in [4.78, 5) is 30.6. The molecule has 2 aliphatic heterocycles. The van der Waals surface area contributed by atoms with Crippen LogP contribution in [-0.2, 0) is 9.53 Å². The summed E-state index contributed by atoms with van der Waals surface area (Å²) in [7, 11) is 0. The minimum absolute atomic E-state index is 0.103. The van der Waals surface area contributed by atoms with Gasteiger partial charge in [0.1, 0.15) is 17.6 Å². The summed E-state index contributed by atoms with van der Waals surface area (Å²) in [6.07, 6.45) is 1.28. The summed E-state index contributed by atoms with van der Waals surface area (Å²) >= 11 is 0. The number of hydrogen-bond acceptors (Lipinski definition) is 5. The largest absolute Gasteiger partial charge is 0.365 e. The summed E-state index contributed by atoms with van der Waals surface area (Å²) in [5.41, 5.74) is 0.352. The van der Waals surface area contributed by atoms with Crippen LogP contribution in [0.25, 0.3) is 0 Å². The van der Waals surface area contributed by atoms with E-state index in [1.807, 2.05) is 6.92 Å². The van der Waals surface area contributed by atoms with Gasteiger partial charge in [0.15, 0.2) is 0 Å². The molecule has 124 valence electrons. The first-order chi connectivity index (χ1) is 11.1. The van der Waals surface area contributed by atoms with E-state index in [0.717, 1.165) is 19.5 Å². The molecule has 3 rings (SSSR count). The van der Waals surface area contributed by atoms with E-state index in [0.29, 0.717) is 31.0 Å². The number of hydrogen-bond donors (Lipinski definition) is 2. The lowest BCUT2D eigenvalue weighted by atomic mass is 10.2. The Hall–Kier alpha value is -1.99. The number of nitrogens with one attached hydrogen (secondary N) is 2. The molecule has 2 amide bonds. The number of piperazine rings is 1. The number of carbonyl (C=O) groups excluding carboxylic acids is 2. The molecule has 2 atom stereocenters. The van der Waals surface area contributed by atoms with Crippen molar-refractivity contribution >= 4 is 17.6 Å². The Morgan fingerprint density at radius 3 is 2.78 bits per heavy atom. The molecule has 3 heterocycles. The molecule has 0 radical (unpaired) electrons. The highest BCUT2D eigenvalue weighted by Gasteiger charge is 2.28. The second kappa shape index (κ2) is 7.06. The maximum Gasteiger partial charge on any atom is 0.272 e. The predicted molar refractivity (Wildman–Crippen MR) is 85.2 cm³/mol. The van der Waals surface area contributed by atoms with Crippen molar-refractivity contribution in [2.45, 2.75) is 32.0 Å². The zero-order chi connectivity index (χ0) is 16.2. The summed E-state index contributed by atoms with van der Waals surface area (Å²) < 4.78 is 5.55. The van der Waals surface area contributed by atoms with Crippen LogP contribution < -0.4 is 10.6 Å². The molecule has 0 spiro atoms. The van der Waals surface area contributed by atoms with E-state index < -0.39 is 6.10 Å². The van der Waals surface area contributed by atoms with E-state index in [4.69, 9.17) is 4.74 Å². The van der Waals surface area contributed by atoms with Crippen LogP contribution in [0.2, 0.25) is 0 Å².